The van der Waals surface area contributed by atoms with Crippen LogP contribution in [0.25, 0.3) is 6.08 Å². The molecule has 0 atom stereocenters. The zero-order valence-electron chi connectivity index (χ0n) is 12.4. The van der Waals surface area contributed by atoms with Crippen molar-refractivity contribution in [2.45, 2.75) is 6.54 Å². The van der Waals surface area contributed by atoms with Gasteiger partial charge in [0.1, 0.15) is 5.82 Å². The molecule has 0 spiro atoms. The molecule has 2 aromatic rings. The van der Waals surface area contributed by atoms with Crippen LogP contribution in [0.1, 0.15) is 11.1 Å². The number of halogens is 2. The molecular formula is C19H15ClFNO. The van der Waals surface area contributed by atoms with E-state index in [1.54, 1.807) is 24.3 Å². The van der Waals surface area contributed by atoms with Gasteiger partial charge >= 0.3 is 0 Å². The van der Waals surface area contributed by atoms with Crippen LogP contribution in [0.4, 0.5) is 4.39 Å². The Kier molecular flexibility index (Phi) is 5.96. The number of rotatable bonds is 5. The van der Waals surface area contributed by atoms with Gasteiger partial charge in [-0.05, 0) is 35.4 Å². The van der Waals surface area contributed by atoms with Crippen LogP contribution >= 0.6 is 11.6 Å². The maximum Gasteiger partial charge on any atom is 0.247 e. The molecule has 0 aliphatic rings. The highest BCUT2D eigenvalue weighted by Gasteiger charge is 2.11. The molecule has 116 valence electrons. The Morgan fingerprint density at radius 2 is 2.04 bits per heavy atom. The third-order valence-electron chi connectivity index (χ3n) is 3.18. The molecule has 0 saturated carbocycles. The Bertz CT molecular complexity index is 764. The molecule has 2 nitrogen and oxygen atoms in total. The summed E-state index contributed by atoms with van der Waals surface area (Å²) in [6, 6.07) is 13.3. The first kappa shape index (κ1) is 16.8. The molecule has 0 saturated heterocycles. The van der Waals surface area contributed by atoms with Crippen molar-refractivity contribution in [3.63, 3.8) is 0 Å². The van der Waals surface area contributed by atoms with Crippen molar-refractivity contribution in [1.82, 2.24) is 4.90 Å². The van der Waals surface area contributed by atoms with Crippen molar-refractivity contribution in [3.05, 3.63) is 76.6 Å². The van der Waals surface area contributed by atoms with Gasteiger partial charge in [0.2, 0.25) is 5.91 Å². The summed E-state index contributed by atoms with van der Waals surface area (Å²) >= 11 is 6.11. The van der Waals surface area contributed by atoms with E-state index in [1.165, 1.54) is 23.1 Å². The molecular weight excluding hydrogens is 313 g/mol. The number of terminal acetylenes is 1. The highest BCUT2D eigenvalue weighted by Crippen LogP contribution is 2.17. The summed E-state index contributed by atoms with van der Waals surface area (Å²) in [7, 11) is 0. The largest absolute Gasteiger partial charge is 0.324 e. The average Bonchev–Trinajstić information content (AvgIpc) is 2.54. The number of carbonyl (C=O) groups excluding carboxylic acids is 1. The number of carbonyl (C=O) groups is 1. The number of benzene rings is 2. The van der Waals surface area contributed by atoms with Crippen LogP contribution in [0.15, 0.2) is 54.6 Å². The Morgan fingerprint density at radius 3 is 2.74 bits per heavy atom. The van der Waals surface area contributed by atoms with Gasteiger partial charge in [0.25, 0.3) is 0 Å². The zero-order chi connectivity index (χ0) is 16.7. The molecule has 0 fully saturated rings. The van der Waals surface area contributed by atoms with Gasteiger partial charge in [0, 0.05) is 17.6 Å². The SMILES string of the molecule is C#CCN(Cc1ccccc1Cl)C(=O)/C=C/c1cccc(F)c1. The molecule has 2 rings (SSSR count). The summed E-state index contributed by atoms with van der Waals surface area (Å²) in [5, 5.41) is 0.580. The first-order valence-corrected chi connectivity index (χ1v) is 7.37. The van der Waals surface area contributed by atoms with Crippen molar-refractivity contribution in [1.29, 1.82) is 0 Å². The van der Waals surface area contributed by atoms with Gasteiger partial charge in [-0.1, -0.05) is 47.9 Å². The molecule has 0 radical (unpaired) electrons. The second-order valence-electron chi connectivity index (χ2n) is 4.88. The fourth-order valence-corrected chi connectivity index (χ4v) is 2.23. The molecule has 1 amide bonds. The molecule has 0 bridgehead atoms. The van der Waals surface area contributed by atoms with E-state index < -0.39 is 0 Å². The van der Waals surface area contributed by atoms with Gasteiger partial charge in [-0.25, -0.2) is 4.39 Å². The first-order valence-electron chi connectivity index (χ1n) is 6.99. The Hall–Kier alpha value is -2.57. The molecule has 23 heavy (non-hydrogen) atoms. The minimum absolute atomic E-state index is 0.164. The fourth-order valence-electron chi connectivity index (χ4n) is 2.04. The van der Waals surface area contributed by atoms with Crippen LogP contribution in [-0.2, 0) is 11.3 Å². The standard InChI is InChI=1S/C19H15ClFNO/c1-2-12-22(14-16-7-3-4-9-18(16)20)19(23)11-10-15-6-5-8-17(21)13-15/h1,3-11,13H,12,14H2/b11-10+. The van der Waals surface area contributed by atoms with E-state index in [4.69, 9.17) is 18.0 Å². The fraction of sp³-hybridized carbons (Fsp3) is 0.105. The van der Waals surface area contributed by atoms with Gasteiger partial charge < -0.3 is 4.90 Å². The van der Waals surface area contributed by atoms with E-state index in [0.717, 1.165) is 5.56 Å². The van der Waals surface area contributed by atoms with Crippen molar-refractivity contribution in [2.24, 2.45) is 0 Å². The zero-order valence-corrected chi connectivity index (χ0v) is 13.1. The second-order valence-corrected chi connectivity index (χ2v) is 5.29. The summed E-state index contributed by atoms with van der Waals surface area (Å²) in [6.07, 6.45) is 8.27. The number of amides is 1. The predicted octanol–water partition coefficient (Wildman–Crippen LogP) is 4.15. The van der Waals surface area contributed by atoms with Crippen LogP contribution < -0.4 is 0 Å². The third-order valence-corrected chi connectivity index (χ3v) is 3.55. The summed E-state index contributed by atoms with van der Waals surface area (Å²) < 4.78 is 13.1. The molecule has 0 aliphatic carbocycles. The summed E-state index contributed by atoms with van der Waals surface area (Å²) in [6.45, 7) is 0.480. The minimum atomic E-state index is -0.351. The van der Waals surface area contributed by atoms with Crippen LogP contribution in [-0.4, -0.2) is 17.4 Å². The smallest absolute Gasteiger partial charge is 0.247 e. The summed E-state index contributed by atoms with van der Waals surface area (Å²) in [4.78, 5) is 13.8. The van der Waals surface area contributed by atoms with Crippen LogP contribution in [0, 0.1) is 18.2 Å². The van der Waals surface area contributed by atoms with Gasteiger partial charge in [-0.2, -0.15) is 0 Å². The van der Waals surface area contributed by atoms with E-state index in [0.29, 0.717) is 17.1 Å². The highest BCUT2D eigenvalue weighted by molar-refractivity contribution is 6.31. The molecule has 0 N–H and O–H groups in total. The minimum Gasteiger partial charge on any atom is -0.324 e. The van der Waals surface area contributed by atoms with Crippen LogP contribution in [0.3, 0.4) is 0 Å². The monoisotopic (exact) mass is 327 g/mol. The lowest BCUT2D eigenvalue weighted by Gasteiger charge is -2.19. The molecule has 4 heteroatoms. The number of nitrogens with zero attached hydrogens (tertiary/aromatic N) is 1. The van der Waals surface area contributed by atoms with E-state index in [9.17, 15) is 9.18 Å². The second kappa shape index (κ2) is 8.17. The van der Waals surface area contributed by atoms with E-state index >= 15 is 0 Å². The van der Waals surface area contributed by atoms with Gasteiger partial charge in [0.15, 0.2) is 0 Å². The number of hydrogen-bond acceptors (Lipinski definition) is 1. The summed E-state index contributed by atoms with van der Waals surface area (Å²) in [5.41, 5.74) is 1.42. The van der Waals surface area contributed by atoms with E-state index in [2.05, 4.69) is 5.92 Å². The first-order chi connectivity index (χ1) is 11.1. The maximum absolute atomic E-state index is 13.1. The van der Waals surface area contributed by atoms with Crippen LogP contribution in [0.2, 0.25) is 5.02 Å². The molecule has 2 aromatic carbocycles. The van der Waals surface area contributed by atoms with Crippen molar-refractivity contribution < 1.29 is 9.18 Å². The van der Waals surface area contributed by atoms with Crippen LogP contribution in [0.5, 0.6) is 0 Å². The van der Waals surface area contributed by atoms with Gasteiger partial charge in [0.05, 0.1) is 6.54 Å². The Balaban J connectivity index is 2.12. The average molecular weight is 328 g/mol. The van der Waals surface area contributed by atoms with Crippen molar-refractivity contribution in [2.75, 3.05) is 6.54 Å². The quantitative estimate of drug-likeness (QED) is 0.596. The van der Waals surface area contributed by atoms with Crippen molar-refractivity contribution >= 4 is 23.6 Å². The molecule has 0 heterocycles. The van der Waals surface area contributed by atoms with Crippen molar-refractivity contribution in [3.8, 4) is 12.3 Å². The molecule has 0 aromatic heterocycles. The lowest BCUT2D eigenvalue weighted by atomic mass is 10.2. The predicted molar refractivity (Wildman–Crippen MR) is 91.1 cm³/mol. The molecule has 0 aliphatic heterocycles. The Labute approximate surface area is 140 Å². The molecule has 0 unspecified atom stereocenters. The van der Waals surface area contributed by atoms with E-state index in [-0.39, 0.29) is 18.3 Å². The highest BCUT2D eigenvalue weighted by atomic mass is 35.5. The lowest BCUT2D eigenvalue weighted by molar-refractivity contribution is -0.125. The Morgan fingerprint density at radius 1 is 1.26 bits per heavy atom. The maximum atomic E-state index is 13.1. The van der Waals surface area contributed by atoms with Gasteiger partial charge in [-0.15, -0.1) is 6.42 Å². The number of hydrogen-bond donors (Lipinski definition) is 0. The topological polar surface area (TPSA) is 20.3 Å². The third kappa shape index (κ3) is 4.98. The van der Waals surface area contributed by atoms with Gasteiger partial charge in [-0.3, -0.25) is 4.79 Å². The summed E-state index contributed by atoms with van der Waals surface area (Å²) in [5.74, 6) is 1.86. The lowest BCUT2D eigenvalue weighted by Crippen LogP contribution is -2.29. The normalized spacial score (nSPS) is 10.5. The van der Waals surface area contributed by atoms with E-state index in [1.807, 2.05) is 18.2 Å².